The molecule has 0 N–H and O–H groups in total. The van der Waals surface area contributed by atoms with Crippen LogP contribution in [0.1, 0.15) is 20.9 Å². The summed E-state index contributed by atoms with van der Waals surface area (Å²) in [6.07, 6.45) is 3.62. The van der Waals surface area contributed by atoms with E-state index in [1.54, 1.807) is 22.2 Å². The van der Waals surface area contributed by atoms with Crippen LogP contribution in [0.25, 0.3) is 16.3 Å². The van der Waals surface area contributed by atoms with Crippen molar-refractivity contribution in [1.82, 2.24) is 14.8 Å². The molecule has 0 aliphatic rings. The number of nitrogens with zero attached hydrogens (tertiary/aromatic N) is 3. The lowest BCUT2D eigenvalue weighted by Crippen LogP contribution is -2.05. The molecule has 0 bridgehead atoms. The standard InChI is InChI=1S/C19H15N3O2S2/c1-13-17(26-18(21-13)15-7-10-25-12-15)19(23)24-11-14-3-5-16(6-4-14)22-9-2-8-20-22/h2-10,12H,11H2,1H3. The minimum atomic E-state index is -0.336. The van der Waals surface area contributed by atoms with Crippen LogP contribution in [-0.2, 0) is 11.3 Å². The third kappa shape index (κ3) is 3.44. The quantitative estimate of drug-likeness (QED) is 0.469. The number of hydrogen-bond donors (Lipinski definition) is 0. The van der Waals surface area contributed by atoms with Crippen molar-refractivity contribution >= 4 is 28.6 Å². The summed E-state index contributed by atoms with van der Waals surface area (Å²) >= 11 is 2.98. The van der Waals surface area contributed by atoms with Crippen molar-refractivity contribution in [3.05, 3.63) is 75.7 Å². The monoisotopic (exact) mass is 381 g/mol. The Morgan fingerprint density at radius 2 is 2.08 bits per heavy atom. The summed E-state index contributed by atoms with van der Waals surface area (Å²) in [5.41, 5.74) is 3.63. The van der Waals surface area contributed by atoms with E-state index in [9.17, 15) is 4.79 Å². The van der Waals surface area contributed by atoms with Crippen LogP contribution in [-0.4, -0.2) is 20.7 Å². The van der Waals surface area contributed by atoms with Crippen LogP contribution in [0.3, 0.4) is 0 Å². The predicted molar refractivity (Wildman–Crippen MR) is 103 cm³/mol. The van der Waals surface area contributed by atoms with E-state index in [4.69, 9.17) is 4.74 Å². The number of aryl methyl sites for hydroxylation is 1. The highest BCUT2D eigenvalue weighted by Crippen LogP contribution is 2.30. The average Bonchev–Trinajstić information content (AvgIpc) is 3.41. The van der Waals surface area contributed by atoms with Gasteiger partial charge in [0.05, 0.1) is 11.4 Å². The van der Waals surface area contributed by atoms with E-state index >= 15 is 0 Å². The highest BCUT2D eigenvalue weighted by molar-refractivity contribution is 7.17. The van der Waals surface area contributed by atoms with Crippen molar-refractivity contribution in [2.24, 2.45) is 0 Å². The zero-order valence-corrected chi connectivity index (χ0v) is 15.6. The molecule has 0 amide bonds. The number of rotatable bonds is 5. The van der Waals surface area contributed by atoms with Crippen LogP contribution < -0.4 is 0 Å². The fourth-order valence-corrected chi connectivity index (χ4v) is 4.15. The normalized spacial score (nSPS) is 10.8. The Hall–Kier alpha value is -2.77. The molecule has 0 saturated heterocycles. The van der Waals surface area contributed by atoms with Crippen LogP contribution >= 0.6 is 22.7 Å². The second-order valence-electron chi connectivity index (χ2n) is 5.64. The van der Waals surface area contributed by atoms with E-state index in [-0.39, 0.29) is 12.6 Å². The second kappa shape index (κ2) is 7.23. The number of carbonyl (C=O) groups is 1. The Kier molecular flexibility index (Phi) is 4.64. The molecule has 5 nitrogen and oxygen atoms in total. The highest BCUT2D eigenvalue weighted by atomic mass is 32.1. The molecule has 0 unspecified atom stereocenters. The molecular formula is C19H15N3O2S2. The number of hydrogen-bond acceptors (Lipinski definition) is 6. The molecule has 0 aliphatic heterocycles. The third-order valence-corrected chi connectivity index (χ3v) is 5.70. The molecule has 0 radical (unpaired) electrons. The van der Waals surface area contributed by atoms with E-state index in [0.717, 1.165) is 21.8 Å². The first-order valence-electron chi connectivity index (χ1n) is 7.97. The summed E-state index contributed by atoms with van der Waals surface area (Å²) in [5.74, 6) is -0.336. The number of esters is 1. The summed E-state index contributed by atoms with van der Waals surface area (Å²) in [7, 11) is 0. The first-order valence-corrected chi connectivity index (χ1v) is 9.73. The maximum absolute atomic E-state index is 12.4. The van der Waals surface area contributed by atoms with Gasteiger partial charge in [0, 0.05) is 23.3 Å². The number of benzene rings is 1. The Morgan fingerprint density at radius 3 is 2.77 bits per heavy atom. The van der Waals surface area contributed by atoms with Gasteiger partial charge in [-0.2, -0.15) is 16.4 Å². The van der Waals surface area contributed by atoms with Gasteiger partial charge >= 0.3 is 5.97 Å². The molecule has 0 atom stereocenters. The van der Waals surface area contributed by atoms with Crippen LogP contribution in [0.15, 0.2) is 59.6 Å². The lowest BCUT2D eigenvalue weighted by molar-refractivity contribution is 0.0477. The van der Waals surface area contributed by atoms with Crippen LogP contribution in [0, 0.1) is 6.92 Å². The summed E-state index contributed by atoms with van der Waals surface area (Å²) in [6, 6.07) is 11.6. The molecule has 26 heavy (non-hydrogen) atoms. The van der Waals surface area contributed by atoms with Crippen LogP contribution in [0.5, 0.6) is 0 Å². The Balaban J connectivity index is 1.42. The first kappa shape index (κ1) is 16.7. The van der Waals surface area contributed by atoms with E-state index < -0.39 is 0 Å². The summed E-state index contributed by atoms with van der Waals surface area (Å²) in [5, 5.41) is 9.06. The highest BCUT2D eigenvalue weighted by Gasteiger charge is 2.17. The SMILES string of the molecule is Cc1nc(-c2ccsc2)sc1C(=O)OCc1ccc(-n2cccn2)cc1. The maximum Gasteiger partial charge on any atom is 0.350 e. The lowest BCUT2D eigenvalue weighted by atomic mass is 10.2. The molecule has 3 aromatic heterocycles. The first-order chi connectivity index (χ1) is 12.7. The summed E-state index contributed by atoms with van der Waals surface area (Å²) < 4.78 is 7.25. The summed E-state index contributed by atoms with van der Waals surface area (Å²) in [4.78, 5) is 17.5. The van der Waals surface area contributed by atoms with Gasteiger partial charge in [0.25, 0.3) is 0 Å². The number of aromatic nitrogens is 3. The van der Waals surface area contributed by atoms with Crippen molar-refractivity contribution < 1.29 is 9.53 Å². The predicted octanol–water partition coefficient (Wildman–Crippen LogP) is 4.72. The van der Waals surface area contributed by atoms with Gasteiger partial charge in [0.2, 0.25) is 0 Å². The molecule has 1 aromatic carbocycles. The molecule has 0 aliphatic carbocycles. The summed E-state index contributed by atoms with van der Waals surface area (Å²) in [6.45, 7) is 2.06. The van der Waals surface area contributed by atoms with Gasteiger partial charge in [-0.05, 0) is 42.1 Å². The average molecular weight is 381 g/mol. The van der Waals surface area contributed by atoms with E-state index in [0.29, 0.717) is 10.6 Å². The lowest BCUT2D eigenvalue weighted by Gasteiger charge is -2.06. The van der Waals surface area contributed by atoms with Crippen molar-refractivity contribution in [2.45, 2.75) is 13.5 Å². The van der Waals surface area contributed by atoms with Gasteiger partial charge in [-0.3, -0.25) is 0 Å². The number of ether oxygens (including phenoxy) is 1. The molecule has 3 heterocycles. The van der Waals surface area contributed by atoms with Gasteiger partial charge in [-0.1, -0.05) is 12.1 Å². The Labute approximate surface area is 158 Å². The molecule has 0 saturated carbocycles. The fraction of sp³-hybridized carbons (Fsp3) is 0.105. The molecule has 4 rings (SSSR count). The largest absolute Gasteiger partial charge is 0.457 e. The Morgan fingerprint density at radius 1 is 1.23 bits per heavy atom. The minimum absolute atomic E-state index is 0.226. The van der Waals surface area contributed by atoms with Gasteiger partial charge < -0.3 is 4.74 Å². The van der Waals surface area contributed by atoms with E-state index in [1.165, 1.54) is 11.3 Å². The second-order valence-corrected chi connectivity index (χ2v) is 7.42. The molecule has 130 valence electrons. The topological polar surface area (TPSA) is 57.0 Å². The third-order valence-electron chi connectivity index (χ3n) is 3.83. The van der Waals surface area contributed by atoms with E-state index in [1.807, 2.05) is 60.3 Å². The van der Waals surface area contributed by atoms with Crippen LogP contribution in [0.4, 0.5) is 0 Å². The van der Waals surface area contributed by atoms with Gasteiger partial charge in [-0.15, -0.1) is 11.3 Å². The zero-order valence-electron chi connectivity index (χ0n) is 14.0. The smallest absolute Gasteiger partial charge is 0.350 e. The van der Waals surface area contributed by atoms with Gasteiger partial charge in [0.1, 0.15) is 16.5 Å². The number of thiophene rings is 1. The molecule has 4 aromatic rings. The molecule has 0 fully saturated rings. The van der Waals surface area contributed by atoms with Crippen LogP contribution in [0.2, 0.25) is 0 Å². The van der Waals surface area contributed by atoms with Gasteiger partial charge in [0.15, 0.2) is 0 Å². The number of carbonyl (C=O) groups excluding carboxylic acids is 1. The van der Waals surface area contributed by atoms with Gasteiger partial charge in [-0.25, -0.2) is 14.5 Å². The zero-order chi connectivity index (χ0) is 17.9. The maximum atomic E-state index is 12.4. The molecule has 7 heteroatoms. The minimum Gasteiger partial charge on any atom is -0.457 e. The van der Waals surface area contributed by atoms with Crippen molar-refractivity contribution in [3.63, 3.8) is 0 Å². The van der Waals surface area contributed by atoms with Crippen molar-refractivity contribution in [3.8, 4) is 16.3 Å². The van der Waals surface area contributed by atoms with E-state index in [2.05, 4.69) is 10.1 Å². The fourth-order valence-electron chi connectivity index (χ4n) is 2.48. The number of thiazole rings is 1. The van der Waals surface area contributed by atoms with Crippen molar-refractivity contribution in [2.75, 3.05) is 0 Å². The molecular weight excluding hydrogens is 366 g/mol. The Bertz CT molecular complexity index is 1000. The molecule has 0 spiro atoms. The van der Waals surface area contributed by atoms with Crippen molar-refractivity contribution in [1.29, 1.82) is 0 Å².